The van der Waals surface area contributed by atoms with Crippen LogP contribution in [-0.2, 0) is 2.14 Å². The molecule has 0 heterocycles. The lowest BCUT2D eigenvalue weighted by molar-refractivity contribution is 1.31. The van der Waals surface area contributed by atoms with Crippen molar-refractivity contribution in [3.8, 4) is 0 Å². The first-order valence-corrected chi connectivity index (χ1v) is 5.81. The van der Waals surface area contributed by atoms with Gasteiger partial charge in [-0.15, -0.1) is 0 Å². The minimum absolute atomic E-state index is 0.0540. The first kappa shape index (κ1) is 11.2. The molecule has 1 aromatic rings. The third-order valence-electron chi connectivity index (χ3n) is 1.52. The number of hydrogen-bond acceptors (Lipinski definition) is 1. The summed E-state index contributed by atoms with van der Waals surface area (Å²) < 4.78 is -0.519. The number of benzene rings is 1. The maximum atomic E-state index is 7.37. The van der Waals surface area contributed by atoms with E-state index in [-0.39, 0.29) is 5.84 Å². The Labute approximate surface area is 102 Å². The normalized spacial score (nSPS) is 11.3. The summed E-state index contributed by atoms with van der Waals surface area (Å²) in [5, 5.41) is 7.37. The summed E-state index contributed by atoms with van der Waals surface area (Å²) in [6.07, 6.45) is 0. The number of alkyl halides is 3. The SMILES string of the molecule is N=C(N)c1ccccc1C(Br)(Br)Br. The zero-order chi connectivity index (χ0) is 10.1. The zero-order valence-electron chi connectivity index (χ0n) is 6.52. The zero-order valence-corrected chi connectivity index (χ0v) is 11.3. The highest BCUT2D eigenvalue weighted by Crippen LogP contribution is 2.45. The average molecular weight is 371 g/mol. The van der Waals surface area contributed by atoms with Crippen molar-refractivity contribution in [3.05, 3.63) is 35.4 Å². The van der Waals surface area contributed by atoms with E-state index in [1.807, 2.05) is 18.2 Å². The van der Waals surface area contributed by atoms with E-state index in [1.54, 1.807) is 6.07 Å². The molecule has 2 nitrogen and oxygen atoms in total. The summed E-state index contributed by atoms with van der Waals surface area (Å²) >= 11 is 10.2. The van der Waals surface area contributed by atoms with Crippen LogP contribution in [0.1, 0.15) is 11.1 Å². The van der Waals surface area contributed by atoms with Crippen molar-refractivity contribution >= 4 is 53.6 Å². The fourth-order valence-electron chi connectivity index (χ4n) is 0.965. The van der Waals surface area contributed by atoms with Crippen molar-refractivity contribution < 1.29 is 0 Å². The van der Waals surface area contributed by atoms with Gasteiger partial charge in [-0.25, -0.2) is 0 Å². The van der Waals surface area contributed by atoms with Crippen molar-refractivity contribution in [1.29, 1.82) is 5.41 Å². The Balaban J connectivity index is 3.28. The molecule has 0 saturated heterocycles. The minimum Gasteiger partial charge on any atom is -0.384 e. The molecular formula is C8H7Br3N2. The molecule has 0 aliphatic carbocycles. The summed E-state index contributed by atoms with van der Waals surface area (Å²) in [6.45, 7) is 0. The first-order chi connectivity index (χ1) is 5.93. The second-order valence-corrected chi connectivity index (χ2v) is 9.22. The Morgan fingerprint density at radius 1 is 1.23 bits per heavy atom. The predicted molar refractivity (Wildman–Crippen MR) is 65.9 cm³/mol. The van der Waals surface area contributed by atoms with Gasteiger partial charge in [0.25, 0.3) is 0 Å². The van der Waals surface area contributed by atoms with Crippen molar-refractivity contribution in [3.63, 3.8) is 0 Å². The van der Waals surface area contributed by atoms with Gasteiger partial charge in [0.2, 0.25) is 0 Å². The van der Waals surface area contributed by atoms with Crippen LogP contribution in [0.15, 0.2) is 24.3 Å². The molecule has 0 saturated carbocycles. The average Bonchev–Trinajstić information content (AvgIpc) is 2.03. The molecule has 5 heteroatoms. The third-order valence-corrected chi connectivity index (χ3v) is 2.80. The Kier molecular flexibility index (Phi) is 3.54. The number of hydrogen-bond donors (Lipinski definition) is 2. The van der Waals surface area contributed by atoms with Gasteiger partial charge in [-0.1, -0.05) is 72.1 Å². The number of rotatable bonds is 1. The van der Waals surface area contributed by atoms with Gasteiger partial charge in [0.1, 0.15) is 5.84 Å². The predicted octanol–water partition coefficient (Wildman–Crippen LogP) is 3.27. The Morgan fingerprint density at radius 3 is 2.15 bits per heavy atom. The van der Waals surface area contributed by atoms with Crippen LogP contribution in [0.4, 0.5) is 0 Å². The van der Waals surface area contributed by atoms with Crippen LogP contribution in [0, 0.1) is 5.41 Å². The highest BCUT2D eigenvalue weighted by molar-refractivity contribution is 9.38. The summed E-state index contributed by atoms with van der Waals surface area (Å²) in [7, 11) is 0. The summed E-state index contributed by atoms with van der Waals surface area (Å²) in [6, 6.07) is 7.42. The van der Waals surface area contributed by atoms with E-state index in [1.165, 1.54) is 0 Å². The summed E-state index contributed by atoms with van der Waals surface area (Å²) in [5.41, 5.74) is 7.01. The van der Waals surface area contributed by atoms with Gasteiger partial charge in [0, 0.05) is 11.1 Å². The van der Waals surface area contributed by atoms with Crippen LogP contribution >= 0.6 is 47.8 Å². The molecule has 0 spiro atoms. The molecule has 13 heavy (non-hydrogen) atoms. The van der Waals surface area contributed by atoms with E-state index in [2.05, 4.69) is 47.8 Å². The number of nitrogen functional groups attached to an aromatic ring is 1. The third kappa shape index (κ3) is 2.79. The maximum absolute atomic E-state index is 7.37. The molecule has 0 unspecified atom stereocenters. The van der Waals surface area contributed by atoms with Gasteiger partial charge >= 0.3 is 0 Å². The first-order valence-electron chi connectivity index (χ1n) is 3.43. The smallest absolute Gasteiger partial charge is 0.160 e. The second kappa shape index (κ2) is 4.11. The number of nitrogens with one attached hydrogen (secondary N) is 1. The second-order valence-electron chi connectivity index (χ2n) is 2.46. The molecule has 0 aliphatic rings. The molecule has 0 radical (unpaired) electrons. The van der Waals surface area contributed by atoms with E-state index in [4.69, 9.17) is 11.1 Å². The highest BCUT2D eigenvalue weighted by Gasteiger charge is 2.24. The van der Waals surface area contributed by atoms with Crippen molar-refractivity contribution in [2.75, 3.05) is 0 Å². The molecule has 0 aromatic heterocycles. The fourth-order valence-corrected chi connectivity index (χ4v) is 2.00. The van der Waals surface area contributed by atoms with E-state index in [0.29, 0.717) is 5.56 Å². The van der Waals surface area contributed by atoms with Crippen LogP contribution in [0.3, 0.4) is 0 Å². The quantitative estimate of drug-likeness (QED) is 0.445. The molecule has 0 fully saturated rings. The largest absolute Gasteiger partial charge is 0.384 e. The van der Waals surface area contributed by atoms with Gasteiger partial charge in [-0.2, -0.15) is 0 Å². The highest BCUT2D eigenvalue weighted by atomic mass is 80.0. The van der Waals surface area contributed by atoms with Gasteiger partial charge < -0.3 is 5.73 Å². The van der Waals surface area contributed by atoms with Crippen LogP contribution in [0.25, 0.3) is 0 Å². The Hall–Kier alpha value is 0.130. The van der Waals surface area contributed by atoms with Crippen LogP contribution in [0.2, 0.25) is 0 Å². The standard InChI is InChI=1S/C8H7Br3N2/c9-8(10,11)6-4-2-1-3-5(6)7(12)13/h1-4H,(H3,12,13). The van der Waals surface area contributed by atoms with Crippen molar-refractivity contribution in [2.45, 2.75) is 2.14 Å². The number of nitrogens with two attached hydrogens (primary N) is 1. The van der Waals surface area contributed by atoms with Crippen LogP contribution < -0.4 is 5.73 Å². The lowest BCUT2D eigenvalue weighted by Crippen LogP contribution is -2.16. The maximum Gasteiger partial charge on any atom is 0.160 e. The molecule has 0 amide bonds. The number of halogens is 3. The molecule has 70 valence electrons. The molecule has 0 atom stereocenters. The van der Waals surface area contributed by atoms with Gasteiger partial charge in [0.05, 0.1) is 0 Å². The van der Waals surface area contributed by atoms with E-state index < -0.39 is 2.14 Å². The van der Waals surface area contributed by atoms with E-state index in [9.17, 15) is 0 Å². The molecule has 0 bridgehead atoms. The fraction of sp³-hybridized carbons (Fsp3) is 0.125. The molecule has 1 aromatic carbocycles. The summed E-state index contributed by atoms with van der Waals surface area (Å²) in [5.74, 6) is 0.0540. The molecule has 1 rings (SSSR count). The van der Waals surface area contributed by atoms with Gasteiger partial charge in [0.15, 0.2) is 2.14 Å². The van der Waals surface area contributed by atoms with Gasteiger partial charge in [-0.3, -0.25) is 5.41 Å². The van der Waals surface area contributed by atoms with Gasteiger partial charge in [-0.05, 0) is 0 Å². The van der Waals surface area contributed by atoms with E-state index >= 15 is 0 Å². The minimum atomic E-state index is -0.519. The van der Waals surface area contributed by atoms with Crippen LogP contribution in [-0.4, -0.2) is 5.84 Å². The lowest BCUT2D eigenvalue weighted by atomic mass is 10.1. The molecular weight excluding hydrogens is 364 g/mol. The monoisotopic (exact) mass is 368 g/mol. The van der Waals surface area contributed by atoms with E-state index in [0.717, 1.165) is 5.56 Å². The lowest BCUT2D eigenvalue weighted by Gasteiger charge is -2.16. The van der Waals surface area contributed by atoms with Crippen molar-refractivity contribution in [1.82, 2.24) is 0 Å². The van der Waals surface area contributed by atoms with Crippen LogP contribution in [0.5, 0.6) is 0 Å². The number of amidine groups is 1. The topological polar surface area (TPSA) is 49.9 Å². The molecule has 0 aliphatic heterocycles. The molecule has 3 N–H and O–H groups in total. The Morgan fingerprint density at radius 2 is 1.77 bits per heavy atom. The summed E-state index contributed by atoms with van der Waals surface area (Å²) in [4.78, 5) is 0. The Bertz CT molecular complexity index is 330. The van der Waals surface area contributed by atoms with Crippen molar-refractivity contribution in [2.24, 2.45) is 5.73 Å².